The molecule has 6 nitrogen and oxygen atoms in total. The molecule has 1 aromatic rings. The number of carbonyl (C=O) groups is 2. The van der Waals surface area contributed by atoms with Gasteiger partial charge in [0.1, 0.15) is 0 Å². The van der Waals surface area contributed by atoms with Crippen LogP contribution in [0.5, 0.6) is 0 Å². The zero-order valence-corrected chi connectivity index (χ0v) is 17.0. The number of benzene rings is 1. The van der Waals surface area contributed by atoms with E-state index in [-0.39, 0.29) is 17.5 Å². The number of nitrogens with zero attached hydrogens (tertiary/aromatic N) is 3. The SMILES string of the molecule is CCN1CC[C@]2(CCC1=O)CN(C(=O)Nc1cccc(C)c1C)CCN2C. The second kappa shape index (κ2) is 7.89. The molecule has 1 atom stereocenters. The molecule has 1 aromatic carbocycles. The normalized spacial score (nSPS) is 24.2. The number of piperazine rings is 1. The van der Waals surface area contributed by atoms with Crippen LogP contribution in [0.4, 0.5) is 10.5 Å². The number of aryl methyl sites for hydroxylation is 1. The highest BCUT2D eigenvalue weighted by Gasteiger charge is 2.43. The van der Waals surface area contributed by atoms with Crippen molar-refractivity contribution in [2.24, 2.45) is 0 Å². The molecule has 2 aliphatic heterocycles. The van der Waals surface area contributed by atoms with Gasteiger partial charge in [0.15, 0.2) is 0 Å². The van der Waals surface area contributed by atoms with Gasteiger partial charge in [-0.2, -0.15) is 0 Å². The van der Waals surface area contributed by atoms with Crippen molar-refractivity contribution in [3.8, 4) is 0 Å². The maximum Gasteiger partial charge on any atom is 0.321 e. The third kappa shape index (κ3) is 3.95. The molecule has 0 unspecified atom stereocenters. The summed E-state index contributed by atoms with van der Waals surface area (Å²) in [6.45, 7) is 9.86. The Hall–Kier alpha value is -2.08. The summed E-state index contributed by atoms with van der Waals surface area (Å²) in [5.74, 6) is 0.236. The fourth-order valence-corrected chi connectivity index (χ4v) is 4.28. The summed E-state index contributed by atoms with van der Waals surface area (Å²) < 4.78 is 0. The zero-order chi connectivity index (χ0) is 19.6. The average molecular weight is 373 g/mol. The minimum Gasteiger partial charge on any atom is -0.343 e. The molecular weight excluding hydrogens is 340 g/mol. The van der Waals surface area contributed by atoms with Crippen molar-refractivity contribution in [3.05, 3.63) is 29.3 Å². The number of rotatable bonds is 2. The molecule has 148 valence electrons. The lowest BCUT2D eigenvalue weighted by atomic mass is 9.86. The van der Waals surface area contributed by atoms with Crippen LogP contribution in [0.15, 0.2) is 18.2 Å². The van der Waals surface area contributed by atoms with E-state index in [4.69, 9.17) is 0 Å². The summed E-state index contributed by atoms with van der Waals surface area (Å²) in [4.78, 5) is 31.5. The zero-order valence-electron chi connectivity index (χ0n) is 17.0. The number of anilines is 1. The molecule has 0 aromatic heterocycles. The molecule has 27 heavy (non-hydrogen) atoms. The summed E-state index contributed by atoms with van der Waals surface area (Å²) in [7, 11) is 2.13. The molecule has 6 heteroatoms. The molecular formula is C21H32N4O2. The molecule has 1 N–H and O–H groups in total. The number of nitrogens with one attached hydrogen (secondary N) is 1. The first-order valence-corrected chi connectivity index (χ1v) is 9.97. The molecule has 1 spiro atoms. The minimum absolute atomic E-state index is 0.0425. The molecule has 0 aliphatic carbocycles. The van der Waals surface area contributed by atoms with E-state index in [1.54, 1.807) is 0 Å². The van der Waals surface area contributed by atoms with Crippen molar-refractivity contribution < 1.29 is 9.59 Å². The van der Waals surface area contributed by atoms with E-state index in [9.17, 15) is 9.59 Å². The van der Waals surface area contributed by atoms with E-state index in [0.29, 0.717) is 19.5 Å². The monoisotopic (exact) mass is 372 g/mol. The number of amides is 3. The van der Waals surface area contributed by atoms with Gasteiger partial charge >= 0.3 is 6.03 Å². The van der Waals surface area contributed by atoms with Gasteiger partial charge in [-0.05, 0) is 57.9 Å². The smallest absolute Gasteiger partial charge is 0.321 e. The van der Waals surface area contributed by atoms with Gasteiger partial charge in [-0.15, -0.1) is 0 Å². The van der Waals surface area contributed by atoms with E-state index in [1.807, 2.05) is 35.8 Å². The Morgan fingerprint density at radius 2 is 1.96 bits per heavy atom. The molecule has 2 saturated heterocycles. The Morgan fingerprint density at radius 3 is 2.70 bits per heavy atom. The summed E-state index contributed by atoms with van der Waals surface area (Å²) in [6, 6.07) is 5.94. The number of hydrogen-bond donors (Lipinski definition) is 1. The van der Waals surface area contributed by atoms with Crippen molar-refractivity contribution in [2.75, 3.05) is 45.1 Å². The molecule has 0 radical (unpaired) electrons. The van der Waals surface area contributed by atoms with Crippen molar-refractivity contribution in [2.45, 2.75) is 45.6 Å². The topological polar surface area (TPSA) is 55.9 Å². The molecule has 2 fully saturated rings. The maximum absolute atomic E-state index is 13.0. The van der Waals surface area contributed by atoms with Crippen LogP contribution in [-0.2, 0) is 4.79 Å². The molecule has 3 amide bonds. The average Bonchev–Trinajstić information content (AvgIpc) is 2.81. The van der Waals surface area contributed by atoms with Crippen LogP contribution in [0.1, 0.15) is 37.3 Å². The largest absolute Gasteiger partial charge is 0.343 e. The van der Waals surface area contributed by atoms with Crippen LogP contribution < -0.4 is 5.32 Å². The van der Waals surface area contributed by atoms with E-state index >= 15 is 0 Å². The molecule has 3 rings (SSSR count). The Balaban J connectivity index is 1.73. The molecule has 0 saturated carbocycles. The van der Waals surface area contributed by atoms with Gasteiger partial charge in [0.2, 0.25) is 5.91 Å². The first-order chi connectivity index (χ1) is 12.9. The predicted molar refractivity (Wildman–Crippen MR) is 108 cm³/mol. The van der Waals surface area contributed by atoms with E-state index < -0.39 is 0 Å². The van der Waals surface area contributed by atoms with Gasteiger partial charge in [-0.25, -0.2) is 4.79 Å². The minimum atomic E-state index is -0.114. The van der Waals surface area contributed by atoms with Crippen LogP contribution in [0.2, 0.25) is 0 Å². The highest BCUT2D eigenvalue weighted by atomic mass is 16.2. The molecule has 2 aliphatic rings. The number of urea groups is 1. The van der Waals surface area contributed by atoms with Gasteiger partial charge in [-0.1, -0.05) is 12.1 Å². The van der Waals surface area contributed by atoms with Crippen molar-refractivity contribution in [1.29, 1.82) is 0 Å². The summed E-state index contributed by atoms with van der Waals surface area (Å²) in [5.41, 5.74) is 3.04. The van der Waals surface area contributed by atoms with Gasteiger partial charge < -0.3 is 15.1 Å². The van der Waals surface area contributed by atoms with Gasteiger partial charge in [0.25, 0.3) is 0 Å². The highest BCUT2D eigenvalue weighted by molar-refractivity contribution is 5.90. The molecule has 2 heterocycles. The van der Waals surface area contributed by atoms with Crippen LogP contribution in [0, 0.1) is 13.8 Å². The second-order valence-electron chi connectivity index (χ2n) is 7.97. The predicted octanol–water partition coefficient (Wildman–Crippen LogP) is 2.85. The maximum atomic E-state index is 13.0. The van der Waals surface area contributed by atoms with Crippen molar-refractivity contribution in [3.63, 3.8) is 0 Å². The number of hydrogen-bond acceptors (Lipinski definition) is 3. The van der Waals surface area contributed by atoms with E-state index in [0.717, 1.165) is 43.7 Å². The lowest BCUT2D eigenvalue weighted by Gasteiger charge is -2.49. The van der Waals surface area contributed by atoms with Gasteiger partial charge in [-0.3, -0.25) is 9.69 Å². The van der Waals surface area contributed by atoms with Gasteiger partial charge in [0.05, 0.1) is 0 Å². The second-order valence-corrected chi connectivity index (χ2v) is 7.97. The fraction of sp³-hybridized carbons (Fsp3) is 0.619. The van der Waals surface area contributed by atoms with Crippen LogP contribution >= 0.6 is 0 Å². The van der Waals surface area contributed by atoms with Gasteiger partial charge in [0, 0.05) is 50.4 Å². The third-order valence-corrected chi connectivity index (χ3v) is 6.52. The van der Waals surface area contributed by atoms with E-state index in [2.05, 4.69) is 30.3 Å². The molecule has 0 bridgehead atoms. The van der Waals surface area contributed by atoms with E-state index in [1.165, 1.54) is 5.56 Å². The van der Waals surface area contributed by atoms with Crippen molar-refractivity contribution >= 4 is 17.6 Å². The Morgan fingerprint density at radius 1 is 1.19 bits per heavy atom. The lowest BCUT2D eigenvalue weighted by Crippen LogP contribution is -2.62. The number of likely N-dealkylation sites (tertiary alicyclic amines) is 1. The fourth-order valence-electron chi connectivity index (χ4n) is 4.28. The highest BCUT2D eigenvalue weighted by Crippen LogP contribution is 2.32. The first kappa shape index (κ1) is 19.7. The Bertz CT molecular complexity index is 720. The lowest BCUT2D eigenvalue weighted by molar-refractivity contribution is -0.130. The Labute approximate surface area is 162 Å². The standard InChI is InChI=1S/C21H32N4O2/c1-5-24-12-11-21(10-9-19(24)26)15-25(14-13-23(21)4)20(27)22-18-8-6-7-16(2)17(18)3/h6-8H,5,9-15H2,1-4H3,(H,22,27)/t21-/m1/s1. The van der Waals surface area contributed by atoms with Crippen LogP contribution in [-0.4, -0.2) is 71.9 Å². The summed E-state index contributed by atoms with van der Waals surface area (Å²) in [6.07, 6.45) is 2.28. The first-order valence-electron chi connectivity index (χ1n) is 9.97. The quantitative estimate of drug-likeness (QED) is 0.868. The van der Waals surface area contributed by atoms with Crippen LogP contribution in [0.3, 0.4) is 0 Å². The van der Waals surface area contributed by atoms with Crippen LogP contribution in [0.25, 0.3) is 0 Å². The van der Waals surface area contributed by atoms with Crippen molar-refractivity contribution in [1.82, 2.24) is 14.7 Å². The Kier molecular flexibility index (Phi) is 5.75. The number of likely N-dealkylation sites (N-methyl/N-ethyl adjacent to an activating group) is 1. The summed E-state index contributed by atoms with van der Waals surface area (Å²) >= 11 is 0. The summed E-state index contributed by atoms with van der Waals surface area (Å²) in [5, 5.41) is 3.09. The third-order valence-electron chi connectivity index (χ3n) is 6.52. The number of carbonyl (C=O) groups excluding carboxylic acids is 2.